The Morgan fingerprint density at radius 3 is 1.36 bits per heavy atom. The minimum absolute atomic E-state index is 0.938. The van der Waals surface area contributed by atoms with E-state index in [2.05, 4.69) is 5.43 Å². The molecule has 0 saturated carbocycles. The van der Waals surface area contributed by atoms with Crippen molar-refractivity contribution < 1.29 is 0 Å². The highest BCUT2D eigenvalue weighted by Gasteiger charge is 1.78. The van der Waals surface area contributed by atoms with Gasteiger partial charge in [-0.05, 0) is 12.1 Å². The fraction of sp³-hybridized carbons (Fsp3) is 0.500. The van der Waals surface area contributed by atoms with Crippen LogP contribution in [0.25, 0.3) is 0 Å². The van der Waals surface area contributed by atoms with E-state index in [1.165, 1.54) is 0 Å². The van der Waals surface area contributed by atoms with E-state index in [9.17, 15) is 0 Å². The van der Waals surface area contributed by atoms with Crippen molar-refractivity contribution in [1.29, 1.82) is 0 Å². The van der Waals surface area contributed by atoms with Crippen LogP contribution < -0.4 is 11.3 Å². The third-order valence-corrected chi connectivity index (χ3v) is 0.940. The monoisotopic (exact) mass is 198 g/mol. The van der Waals surface area contributed by atoms with Crippen LogP contribution in [0.3, 0.4) is 0 Å². The Morgan fingerprint density at radius 1 is 0.786 bits per heavy atom. The summed E-state index contributed by atoms with van der Waals surface area (Å²) in [4.78, 5) is 0. The molecular weight excluding hydrogens is 172 g/mol. The van der Waals surface area contributed by atoms with Crippen LogP contribution in [0, 0.1) is 0 Å². The quantitative estimate of drug-likeness (QED) is 0.527. The van der Waals surface area contributed by atoms with Gasteiger partial charge in [0.15, 0.2) is 0 Å². The maximum atomic E-state index is 5.10. The van der Waals surface area contributed by atoms with Gasteiger partial charge in [0.1, 0.15) is 0 Å². The van der Waals surface area contributed by atoms with Crippen LogP contribution in [-0.4, -0.2) is 0 Å². The number of hydrogen-bond donors (Lipinski definition) is 2. The van der Waals surface area contributed by atoms with E-state index in [1.54, 1.807) is 0 Å². The Kier molecular flexibility index (Phi) is 30.3. The van der Waals surface area contributed by atoms with E-state index in [0.29, 0.717) is 0 Å². The van der Waals surface area contributed by atoms with Crippen molar-refractivity contribution in [1.82, 2.24) is 0 Å². The minimum atomic E-state index is 0.938. The lowest BCUT2D eigenvalue weighted by atomic mass is 10.3. The van der Waals surface area contributed by atoms with E-state index in [-0.39, 0.29) is 0 Å². The molecule has 3 N–H and O–H groups in total. The summed E-state index contributed by atoms with van der Waals surface area (Å²) in [5.74, 6) is 5.10. The summed E-state index contributed by atoms with van der Waals surface area (Å²) in [5, 5.41) is 0. The number of hydrazine groups is 1. The largest absolute Gasteiger partial charge is 0.324 e. The first-order valence-corrected chi connectivity index (χ1v) is 5.45. The van der Waals surface area contributed by atoms with Crippen LogP contribution in [0.4, 0.5) is 5.69 Å². The van der Waals surface area contributed by atoms with E-state index in [0.717, 1.165) is 5.69 Å². The topological polar surface area (TPSA) is 38.0 Å². The normalized spacial score (nSPS) is 6.21. The van der Waals surface area contributed by atoms with E-state index in [4.69, 9.17) is 5.84 Å². The molecule has 2 heteroatoms. The molecule has 14 heavy (non-hydrogen) atoms. The van der Waals surface area contributed by atoms with Crippen molar-refractivity contribution in [2.24, 2.45) is 5.84 Å². The third-order valence-electron chi connectivity index (χ3n) is 0.940. The average molecular weight is 198 g/mol. The van der Waals surface area contributed by atoms with Crippen LogP contribution >= 0.6 is 0 Å². The summed E-state index contributed by atoms with van der Waals surface area (Å²) in [7, 11) is 0. The van der Waals surface area contributed by atoms with Crippen LogP contribution in [0.2, 0.25) is 0 Å². The lowest BCUT2D eigenvalue weighted by Crippen LogP contribution is -2.05. The van der Waals surface area contributed by atoms with Gasteiger partial charge in [0, 0.05) is 5.69 Å². The molecule has 0 aliphatic heterocycles. The molecule has 0 fully saturated rings. The van der Waals surface area contributed by atoms with Gasteiger partial charge in [-0.2, -0.15) is 0 Å². The van der Waals surface area contributed by atoms with Crippen LogP contribution in [0.1, 0.15) is 41.5 Å². The molecule has 0 bridgehead atoms. The molecular formula is C12H26N2. The van der Waals surface area contributed by atoms with Crippen molar-refractivity contribution in [3.63, 3.8) is 0 Å². The standard InChI is InChI=1S/C6H8N2.3C2H6/c7-8-6-4-2-1-3-5-6;3*1-2/h1-5,8H,7H2;3*1-2H3. The Labute approximate surface area is 89.5 Å². The molecule has 1 aromatic carbocycles. The van der Waals surface area contributed by atoms with E-state index in [1.807, 2.05) is 71.9 Å². The number of nitrogens with one attached hydrogen (secondary N) is 1. The van der Waals surface area contributed by atoms with Crippen molar-refractivity contribution >= 4 is 5.69 Å². The van der Waals surface area contributed by atoms with Gasteiger partial charge in [0.25, 0.3) is 0 Å². The summed E-state index contributed by atoms with van der Waals surface area (Å²) in [6.07, 6.45) is 0. The van der Waals surface area contributed by atoms with Gasteiger partial charge in [-0.3, -0.25) is 5.84 Å². The lowest BCUT2D eigenvalue weighted by molar-refractivity contribution is 1.35. The number of anilines is 1. The molecule has 84 valence electrons. The van der Waals surface area contributed by atoms with Crippen LogP contribution in [0.5, 0.6) is 0 Å². The summed E-state index contributed by atoms with van der Waals surface area (Å²) in [6, 6.07) is 9.60. The third kappa shape index (κ3) is 13.6. The highest BCUT2D eigenvalue weighted by atomic mass is 15.2. The second-order valence-electron chi connectivity index (χ2n) is 1.51. The Bertz CT molecular complexity index is 150. The van der Waals surface area contributed by atoms with Crippen molar-refractivity contribution in [3.8, 4) is 0 Å². The maximum absolute atomic E-state index is 5.10. The number of rotatable bonds is 1. The van der Waals surface area contributed by atoms with Crippen molar-refractivity contribution in [2.45, 2.75) is 41.5 Å². The molecule has 0 unspecified atom stereocenters. The van der Waals surface area contributed by atoms with Gasteiger partial charge in [0.05, 0.1) is 0 Å². The highest BCUT2D eigenvalue weighted by Crippen LogP contribution is 2.00. The Hall–Kier alpha value is -1.02. The number of hydrogen-bond acceptors (Lipinski definition) is 2. The van der Waals surface area contributed by atoms with Crippen LogP contribution in [-0.2, 0) is 0 Å². The second kappa shape index (κ2) is 22.7. The molecule has 0 radical (unpaired) electrons. The van der Waals surface area contributed by atoms with Gasteiger partial charge < -0.3 is 5.43 Å². The fourth-order valence-corrected chi connectivity index (χ4v) is 0.534. The average Bonchev–Trinajstić information content (AvgIpc) is 2.37. The van der Waals surface area contributed by atoms with Gasteiger partial charge in [0.2, 0.25) is 0 Å². The molecule has 1 rings (SSSR count). The summed E-state index contributed by atoms with van der Waals surface area (Å²) in [5.41, 5.74) is 3.46. The molecule has 0 saturated heterocycles. The fourth-order valence-electron chi connectivity index (χ4n) is 0.534. The molecule has 0 atom stereocenters. The second-order valence-corrected chi connectivity index (χ2v) is 1.51. The van der Waals surface area contributed by atoms with Gasteiger partial charge >= 0.3 is 0 Å². The summed E-state index contributed by atoms with van der Waals surface area (Å²) < 4.78 is 0. The molecule has 0 amide bonds. The zero-order chi connectivity index (χ0) is 11.8. The predicted molar refractivity (Wildman–Crippen MR) is 68.3 cm³/mol. The zero-order valence-corrected chi connectivity index (χ0v) is 10.5. The predicted octanol–water partition coefficient (Wildman–Crippen LogP) is 4.05. The summed E-state index contributed by atoms with van der Waals surface area (Å²) >= 11 is 0. The molecule has 0 heterocycles. The van der Waals surface area contributed by atoms with Gasteiger partial charge in [-0.1, -0.05) is 59.7 Å². The molecule has 0 aliphatic carbocycles. The number of benzene rings is 1. The number of nitrogen functional groups attached to an aromatic ring is 1. The molecule has 0 aliphatic rings. The smallest absolute Gasteiger partial charge is 0.0485 e. The molecule has 0 spiro atoms. The highest BCUT2D eigenvalue weighted by molar-refractivity contribution is 5.40. The van der Waals surface area contributed by atoms with E-state index < -0.39 is 0 Å². The van der Waals surface area contributed by atoms with Gasteiger partial charge in [-0.15, -0.1) is 0 Å². The lowest BCUT2D eigenvalue weighted by Gasteiger charge is -1.94. The summed E-state index contributed by atoms with van der Waals surface area (Å²) in [6.45, 7) is 12.0. The molecule has 0 aromatic heterocycles. The minimum Gasteiger partial charge on any atom is -0.324 e. The first-order chi connectivity index (χ1) is 6.93. The zero-order valence-electron chi connectivity index (χ0n) is 10.5. The van der Waals surface area contributed by atoms with Crippen LogP contribution in [0.15, 0.2) is 30.3 Å². The van der Waals surface area contributed by atoms with Crippen molar-refractivity contribution in [2.75, 3.05) is 5.43 Å². The van der Waals surface area contributed by atoms with Crippen molar-refractivity contribution in [3.05, 3.63) is 30.3 Å². The number of para-hydroxylation sites is 1. The molecule has 2 nitrogen and oxygen atoms in total. The molecule has 1 aromatic rings. The SMILES string of the molecule is CC.CC.CC.NNc1ccccc1. The Balaban J connectivity index is -0.000000174. The Morgan fingerprint density at radius 2 is 1.14 bits per heavy atom. The number of nitrogens with two attached hydrogens (primary N) is 1. The maximum Gasteiger partial charge on any atom is 0.0485 e. The first-order valence-electron chi connectivity index (χ1n) is 5.45. The van der Waals surface area contributed by atoms with E-state index >= 15 is 0 Å². The first kappa shape index (κ1) is 18.7. The van der Waals surface area contributed by atoms with Gasteiger partial charge in [-0.25, -0.2) is 0 Å².